The SMILES string of the molecule is COC(C)CNS(=O)(=O)N1CCC(CO)CC1. The van der Waals surface area contributed by atoms with Gasteiger partial charge < -0.3 is 9.84 Å². The molecule has 1 aliphatic heterocycles. The number of rotatable bonds is 6. The Labute approximate surface area is 103 Å². The van der Waals surface area contributed by atoms with Crippen LogP contribution in [-0.2, 0) is 14.9 Å². The fourth-order valence-electron chi connectivity index (χ4n) is 1.73. The molecule has 0 aromatic rings. The van der Waals surface area contributed by atoms with Crippen molar-refractivity contribution in [2.75, 3.05) is 33.4 Å². The lowest BCUT2D eigenvalue weighted by molar-refractivity contribution is 0.121. The number of ether oxygens (including phenoxy) is 1. The Bertz CT molecular complexity index is 312. The maximum Gasteiger partial charge on any atom is 0.279 e. The predicted molar refractivity (Wildman–Crippen MR) is 64.8 cm³/mol. The minimum atomic E-state index is -3.40. The molecule has 0 amide bonds. The third-order valence-corrected chi connectivity index (χ3v) is 4.70. The van der Waals surface area contributed by atoms with Crippen molar-refractivity contribution in [2.24, 2.45) is 5.92 Å². The smallest absolute Gasteiger partial charge is 0.279 e. The summed E-state index contributed by atoms with van der Waals surface area (Å²) in [5.41, 5.74) is 0. The third-order valence-electron chi connectivity index (χ3n) is 3.13. The van der Waals surface area contributed by atoms with Crippen molar-refractivity contribution in [3.05, 3.63) is 0 Å². The minimum absolute atomic E-state index is 0.139. The molecule has 1 rings (SSSR count). The van der Waals surface area contributed by atoms with E-state index in [0.29, 0.717) is 13.1 Å². The highest BCUT2D eigenvalue weighted by atomic mass is 32.2. The van der Waals surface area contributed by atoms with Crippen LogP contribution in [0.15, 0.2) is 0 Å². The first-order valence-electron chi connectivity index (χ1n) is 5.88. The minimum Gasteiger partial charge on any atom is -0.396 e. The standard InChI is InChI=1S/C10H22N2O4S/c1-9(16-2)7-11-17(14,15)12-5-3-10(8-13)4-6-12/h9-11,13H,3-8H2,1-2H3. The molecule has 102 valence electrons. The van der Waals surface area contributed by atoms with Crippen molar-refractivity contribution in [3.63, 3.8) is 0 Å². The molecule has 2 N–H and O–H groups in total. The predicted octanol–water partition coefficient (Wildman–Crippen LogP) is -0.440. The van der Waals surface area contributed by atoms with Gasteiger partial charge in [0.25, 0.3) is 10.2 Å². The van der Waals surface area contributed by atoms with E-state index in [9.17, 15) is 8.42 Å². The van der Waals surface area contributed by atoms with Crippen LogP contribution in [0.5, 0.6) is 0 Å². The van der Waals surface area contributed by atoms with Gasteiger partial charge in [-0.05, 0) is 25.7 Å². The molecular formula is C10H22N2O4S. The molecule has 7 heteroatoms. The molecule has 1 aliphatic rings. The molecule has 1 saturated heterocycles. The summed E-state index contributed by atoms with van der Waals surface area (Å²) in [5.74, 6) is 0.236. The van der Waals surface area contributed by atoms with Crippen molar-refractivity contribution < 1.29 is 18.3 Å². The van der Waals surface area contributed by atoms with Crippen LogP contribution in [0.2, 0.25) is 0 Å². The maximum atomic E-state index is 11.9. The Morgan fingerprint density at radius 1 is 1.47 bits per heavy atom. The highest BCUT2D eigenvalue weighted by Gasteiger charge is 2.27. The summed E-state index contributed by atoms with van der Waals surface area (Å²) >= 11 is 0. The summed E-state index contributed by atoms with van der Waals surface area (Å²) in [6.45, 7) is 3.17. The zero-order valence-electron chi connectivity index (χ0n) is 10.4. The monoisotopic (exact) mass is 266 g/mol. The number of hydrogen-bond donors (Lipinski definition) is 2. The summed E-state index contributed by atoms with van der Waals surface area (Å²) in [4.78, 5) is 0. The second-order valence-electron chi connectivity index (χ2n) is 4.42. The Hall–Kier alpha value is -0.210. The van der Waals surface area contributed by atoms with E-state index in [4.69, 9.17) is 9.84 Å². The van der Waals surface area contributed by atoms with E-state index < -0.39 is 10.2 Å². The Morgan fingerprint density at radius 3 is 2.53 bits per heavy atom. The first-order chi connectivity index (χ1) is 7.99. The van der Waals surface area contributed by atoms with Crippen LogP contribution in [0.3, 0.4) is 0 Å². The number of piperidine rings is 1. The second kappa shape index (κ2) is 6.65. The van der Waals surface area contributed by atoms with Gasteiger partial charge in [-0.15, -0.1) is 0 Å². The van der Waals surface area contributed by atoms with Gasteiger partial charge in [0.15, 0.2) is 0 Å². The zero-order valence-corrected chi connectivity index (χ0v) is 11.2. The molecule has 0 spiro atoms. The van der Waals surface area contributed by atoms with E-state index >= 15 is 0 Å². The zero-order chi connectivity index (χ0) is 12.9. The quantitative estimate of drug-likeness (QED) is 0.683. The molecule has 1 fully saturated rings. The number of nitrogens with zero attached hydrogens (tertiary/aromatic N) is 1. The average Bonchev–Trinajstić information content (AvgIpc) is 2.36. The molecule has 1 unspecified atom stereocenters. The van der Waals surface area contributed by atoms with Crippen LogP contribution in [0, 0.1) is 5.92 Å². The van der Waals surface area contributed by atoms with Crippen LogP contribution in [-0.4, -0.2) is 57.3 Å². The van der Waals surface area contributed by atoms with E-state index in [1.54, 1.807) is 14.0 Å². The number of aliphatic hydroxyl groups is 1. The van der Waals surface area contributed by atoms with Crippen LogP contribution < -0.4 is 4.72 Å². The largest absolute Gasteiger partial charge is 0.396 e. The Balaban J connectivity index is 2.43. The van der Waals surface area contributed by atoms with E-state index in [2.05, 4.69) is 4.72 Å². The van der Waals surface area contributed by atoms with E-state index in [1.807, 2.05) is 0 Å². The highest BCUT2D eigenvalue weighted by Crippen LogP contribution is 2.18. The molecule has 0 aromatic heterocycles. The van der Waals surface area contributed by atoms with E-state index in [1.165, 1.54) is 4.31 Å². The van der Waals surface area contributed by atoms with Crippen LogP contribution >= 0.6 is 0 Å². The molecule has 1 heterocycles. The van der Waals surface area contributed by atoms with Crippen molar-refractivity contribution in [1.29, 1.82) is 0 Å². The molecule has 0 aliphatic carbocycles. The molecule has 6 nitrogen and oxygen atoms in total. The Kier molecular flexibility index (Phi) is 5.81. The normalized spacial score (nSPS) is 21.6. The van der Waals surface area contributed by atoms with Gasteiger partial charge in [0, 0.05) is 33.4 Å². The van der Waals surface area contributed by atoms with Crippen molar-refractivity contribution in [1.82, 2.24) is 9.03 Å². The van der Waals surface area contributed by atoms with Gasteiger partial charge >= 0.3 is 0 Å². The topological polar surface area (TPSA) is 78.9 Å². The summed E-state index contributed by atoms with van der Waals surface area (Å²) < 4.78 is 32.7. The van der Waals surface area contributed by atoms with E-state index in [0.717, 1.165) is 12.8 Å². The lowest BCUT2D eigenvalue weighted by atomic mass is 10.00. The molecular weight excluding hydrogens is 244 g/mol. The number of aliphatic hydroxyl groups excluding tert-OH is 1. The fourth-order valence-corrected chi connectivity index (χ4v) is 3.05. The highest BCUT2D eigenvalue weighted by molar-refractivity contribution is 7.87. The van der Waals surface area contributed by atoms with Crippen molar-refractivity contribution in [3.8, 4) is 0 Å². The van der Waals surface area contributed by atoms with Crippen molar-refractivity contribution >= 4 is 10.2 Å². The first kappa shape index (κ1) is 14.8. The molecule has 1 atom stereocenters. The van der Waals surface area contributed by atoms with Gasteiger partial charge in [0.2, 0.25) is 0 Å². The van der Waals surface area contributed by atoms with Gasteiger partial charge in [-0.1, -0.05) is 0 Å². The van der Waals surface area contributed by atoms with Crippen LogP contribution in [0.1, 0.15) is 19.8 Å². The molecule has 0 bridgehead atoms. The average molecular weight is 266 g/mol. The van der Waals surface area contributed by atoms with Gasteiger partial charge in [0.05, 0.1) is 6.10 Å². The number of methoxy groups -OCH3 is 1. The number of nitrogens with one attached hydrogen (secondary N) is 1. The summed E-state index contributed by atoms with van der Waals surface area (Å²) in [6, 6.07) is 0. The van der Waals surface area contributed by atoms with Crippen LogP contribution in [0.25, 0.3) is 0 Å². The molecule has 17 heavy (non-hydrogen) atoms. The summed E-state index contributed by atoms with van der Waals surface area (Å²) in [5, 5.41) is 8.99. The van der Waals surface area contributed by atoms with Crippen molar-refractivity contribution in [2.45, 2.75) is 25.9 Å². The maximum absolute atomic E-state index is 11.9. The fraction of sp³-hybridized carbons (Fsp3) is 1.00. The van der Waals surface area contributed by atoms with Gasteiger partial charge in [-0.25, -0.2) is 0 Å². The lowest BCUT2D eigenvalue weighted by Crippen LogP contribution is -2.47. The molecule has 0 aromatic carbocycles. The lowest BCUT2D eigenvalue weighted by Gasteiger charge is -2.30. The van der Waals surface area contributed by atoms with Gasteiger partial charge in [0.1, 0.15) is 0 Å². The van der Waals surface area contributed by atoms with Gasteiger partial charge in [-0.2, -0.15) is 17.4 Å². The second-order valence-corrected chi connectivity index (χ2v) is 6.18. The molecule has 0 radical (unpaired) electrons. The van der Waals surface area contributed by atoms with Gasteiger partial charge in [-0.3, -0.25) is 0 Å². The first-order valence-corrected chi connectivity index (χ1v) is 7.32. The Morgan fingerprint density at radius 2 is 2.06 bits per heavy atom. The van der Waals surface area contributed by atoms with E-state index in [-0.39, 0.29) is 25.2 Å². The number of hydrogen-bond acceptors (Lipinski definition) is 4. The summed E-state index contributed by atoms with van der Waals surface area (Å²) in [7, 11) is -1.85. The molecule has 0 saturated carbocycles. The summed E-state index contributed by atoms with van der Waals surface area (Å²) in [6.07, 6.45) is 1.30. The van der Waals surface area contributed by atoms with Crippen LogP contribution in [0.4, 0.5) is 0 Å². The third kappa shape index (κ3) is 4.51.